The van der Waals surface area contributed by atoms with Gasteiger partial charge in [-0.05, 0) is 32.6 Å². The molecule has 0 spiro atoms. The number of carbonyl (C=O) groups excluding carboxylic acids is 1. The summed E-state index contributed by atoms with van der Waals surface area (Å²) in [5, 5.41) is 4.14. The Morgan fingerprint density at radius 3 is 2.84 bits per heavy atom. The fourth-order valence-corrected chi connectivity index (χ4v) is 2.31. The zero-order valence-electron chi connectivity index (χ0n) is 11.7. The summed E-state index contributed by atoms with van der Waals surface area (Å²) < 4.78 is 1.59. The highest BCUT2D eigenvalue weighted by Gasteiger charge is 2.21. The minimum Gasteiger partial charge on any atom is -0.382 e. The summed E-state index contributed by atoms with van der Waals surface area (Å²) >= 11 is 0. The Bertz CT molecular complexity index is 617. The van der Waals surface area contributed by atoms with Crippen molar-refractivity contribution in [3.05, 3.63) is 23.7 Å². The van der Waals surface area contributed by atoms with Crippen LogP contribution in [0.2, 0.25) is 0 Å². The van der Waals surface area contributed by atoms with Gasteiger partial charge in [0, 0.05) is 12.5 Å². The van der Waals surface area contributed by atoms with Crippen molar-refractivity contribution in [1.82, 2.24) is 19.5 Å². The zero-order chi connectivity index (χ0) is 14.2. The van der Waals surface area contributed by atoms with Crippen molar-refractivity contribution in [2.24, 2.45) is 5.92 Å². The molecule has 0 fully saturated rings. The number of hydrogen-bond acceptors (Lipinski definition) is 5. The Morgan fingerprint density at radius 2 is 2.21 bits per heavy atom. The van der Waals surface area contributed by atoms with Gasteiger partial charge in [0.2, 0.25) is 0 Å². The monoisotopic (exact) mass is 261 g/mol. The van der Waals surface area contributed by atoms with Crippen LogP contribution in [0.4, 0.5) is 5.82 Å². The average molecular weight is 261 g/mol. The molecule has 6 heteroatoms. The van der Waals surface area contributed by atoms with Crippen LogP contribution in [0.3, 0.4) is 0 Å². The molecule has 102 valence electrons. The Balaban J connectivity index is 2.46. The van der Waals surface area contributed by atoms with Crippen LogP contribution in [0.5, 0.6) is 0 Å². The van der Waals surface area contributed by atoms with Crippen LogP contribution in [0.15, 0.2) is 12.4 Å². The van der Waals surface area contributed by atoms with Gasteiger partial charge in [-0.15, -0.1) is 0 Å². The highest BCUT2D eigenvalue weighted by Crippen LogP contribution is 2.21. The topological polar surface area (TPSA) is 76.5 Å². The molecule has 0 bridgehead atoms. The first-order valence-corrected chi connectivity index (χ1v) is 6.19. The Kier molecular flexibility index (Phi) is 3.53. The molecule has 0 saturated carbocycles. The predicted octanol–water partition coefficient (Wildman–Crippen LogP) is 1.00. The van der Waals surface area contributed by atoms with Gasteiger partial charge in [-0.1, -0.05) is 6.92 Å². The third-order valence-electron chi connectivity index (χ3n) is 3.11. The third kappa shape index (κ3) is 2.44. The molecule has 0 saturated heterocycles. The first kappa shape index (κ1) is 13.5. The Hall–Kier alpha value is -1.95. The number of hydrogen-bond donors (Lipinski definition) is 1. The van der Waals surface area contributed by atoms with E-state index in [4.69, 9.17) is 5.73 Å². The predicted molar refractivity (Wildman–Crippen MR) is 74.2 cm³/mol. The molecule has 2 aromatic heterocycles. The third-order valence-corrected chi connectivity index (χ3v) is 3.11. The molecule has 0 radical (unpaired) electrons. The summed E-state index contributed by atoms with van der Waals surface area (Å²) in [5.41, 5.74) is 8.03. The van der Waals surface area contributed by atoms with Crippen LogP contribution in [0, 0.1) is 12.8 Å². The van der Waals surface area contributed by atoms with E-state index in [1.165, 1.54) is 6.33 Å². The van der Waals surface area contributed by atoms with Crippen LogP contribution < -0.4 is 5.73 Å². The number of anilines is 1. The number of nitrogens with zero attached hydrogens (tertiary/aromatic N) is 4. The minimum atomic E-state index is -0.0938. The van der Waals surface area contributed by atoms with E-state index < -0.39 is 0 Å². The van der Waals surface area contributed by atoms with Crippen molar-refractivity contribution in [2.45, 2.75) is 13.8 Å². The molecule has 2 heterocycles. The number of aryl methyl sites for hydroxylation is 1. The van der Waals surface area contributed by atoms with Gasteiger partial charge in [0.05, 0.1) is 0 Å². The molecule has 6 nitrogen and oxygen atoms in total. The number of nitrogens with two attached hydrogens (primary N) is 1. The number of fused-ring (bicyclic) bond motifs is 1. The lowest BCUT2D eigenvalue weighted by atomic mass is 10.0. The van der Waals surface area contributed by atoms with Crippen LogP contribution in [0.25, 0.3) is 5.52 Å². The summed E-state index contributed by atoms with van der Waals surface area (Å²) in [6.45, 7) is 4.52. The van der Waals surface area contributed by atoms with Crippen LogP contribution in [0.1, 0.15) is 23.0 Å². The highest BCUT2D eigenvalue weighted by molar-refractivity contribution is 5.98. The second-order valence-electron chi connectivity index (χ2n) is 5.15. The molecule has 0 aliphatic rings. The molecule has 0 aromatic carbocycles. The maximum absolute atomic E-state index is 12.5. The molecular formula is C13H19N5O. The second kappa shape index (κ2) is 4.97. The average Bonchev–Trinajstić information content (AvgIpc) is 2.66. The lowest BCUT2D eigenvalue weighted by Crippen LogP contribution is -2.26. The van der Waals surface area contributed by atoms with Crippen LogP contribution in [-0.2, 0) is 0 Å². The number of ketones is 1. The van der Waals surface area contributed by atoms with E-state index in [-0.39, 0.29) is 11.7 Å². The molecule has 1 atom stereocenters. The van der Waals surface area contributed by atoms with E-state index in [0.717, 1.165) is 5.56 Å². The molecule has 1 unspecified atom stereocenters. The Morgan fingerprint density at radius 1 is 1.53 bits per heavy atom. The summed E-state index contributed by atoms with van der Waals surface area (Å²) in [4.78, 5) is 18.4. The summed E-state index contributed by atoms with van der Waals surface area (Å²) in [6.07, 6.45) is 1.37. The standard InChI is InChI=1S/C13H19N5O/c1-8-5-10(12(19)9(2)6-17(3)4)18-11(8)13(14)15-7-16-18/h5,7,9H,6H2,1-4H3,(H2,14,15,16). The van der Waals surface area contributed by atoms with Gasteiger partial charge < -0.3 is 10.6 Å². The van der Waals surface area contributed by atoms with Gasteiger partial charge >= 0.3 is 0 Å². The van der Waals surface area contributed by atoms with E-state index in [1.54, 1.807) is 4.52 Å². The SMILES string of the molecule is Cc1cc(C(=O)C(C)CN(C)C)n2ncnc(N)c12. The lowest BCUT2D eigenvalue weighted by Gasteiger charge is -2.15. The van der Waals surface area contributed by atoms with Crippen LogP contribution >= 0.6 is 0 Å². The maximum atomic E-state index is 12.5. The number of Topliss-reactive ketones (excluding diaryl/α,β-unsaturated/α-hetero) is 1. The minimum absolute atomic E-state index is 0.0647. The van der Waals surface area contributed by atoms with E-state index >= 15 is 0 Å². The quantitative estimate of drug-likeness (QED) is 0.831. The van der Waals surface area contributed by atoms with Crippen molar-refractivity contribution in [2.75, 3.05) is 26.4 Å². The fourth-order valence-electron chi connectivity index (χ4n) is 2.31. The Labute approximate surface area is 112 Å². The van der Waals surface area contributed by atoms with E-state index in [9.17, 15) is 4.79 Å². The van der Waals surface area contributed by atoms with Crippen molar-refractivity contribution >= 4 is 17.1 Å². The van der Waals surface area contributed by atoms with Crippen LogP contribution in [-0.4, -0.2) is 45.9 Å². The number of carbonyl (C=O) groups is 1. The molecule has 0 amide bonds. The van der Waals surface area contributed by atoms with Crippen molar-refractivity contribution < 1.29 is 4.79 Å². The van der Waals surface area contributed by atoms with Gasteiger partial charge in [0.1, 0.15) is 17.5 Å². The van der Waals surface area contributed by atoms with Gasteiger partial charge in [-0.25, -0.2) is 9.50 Å². The van der Waals surface area contributed by atoms with Gasteiger partial charge in [-0.2, -0.15) is 5.10 Å². The largest absolute Gasteiger partial charge is 0.382 e. The molecular weight excluding hydrogens is 242 g/mol. The fraction of sp³-hybridized carbons (Fsp3) is 0.462. The number of rotatable bonds is 4. The molecule has 0 aliphatic carbocycles. The number of nitrogen functional groups attached to an aromatic ring is 1. The second-order valence-corrected chi connectivity index (χ2v) is 5.15. The maximum Gasteiger partial charge on any atom is 0.185 e. The van der Waals surface area contributed by atoms with E-state index in [2.05, 4.69) is 10.1 Å². The van der Waals surface area contributed by atoms with Gasteiger partial charge in [0.15, 0.2) is 11.6 Å². The molecule has 2 rings (SSSR count). The molecule has 2 N–H and O–H groups in total. The molecule has 19 heavy (non-hydrogen) atoms. The normalized spacial score (nSPS) is 13.1. The summed E-state index contributed by atoms with van der Waals surface area (Å²) in [5.74, 6) is 0.366. The van der Waals surface area contributed by atoms with E-state index in [1.807, 2.05) is 38.9 Å². The van der Waals surface area contributed by atoms with Crippen molar-refractivity contribution in [1.29, 1.82) is 0 Å². The smallest absolute Gasteiger partial charge is 0.185 e. The number of aromatic nitrogens is 3. The first-order valence-electron chi connectivity index (χ1n) is 6.19. The van der Waals surface area contributed by atoms with Gasteiger partial charge in [-0.3, -0.25) is 4.79 Å². The van der Waals surface area contributed by atoms with Crippen molar-refractivity contribution in [3.63, 3.8) is 0 Å². The first-order chi connectivity index (χ1) is 8.91. The lowest BCUT2D eigenvalue weighted by molar-refractivity contribution is 0.0903. The van der Waals surface area contributed by atoms with Gasteiger partial charge in [0.25, 0.3) is 0 Å². The molecule has 0 aliphatic heterocycles. The molecule has 2 aromatic rings. The summed E-state index contributed by atoms with van der Waals surface area (Å²) in [7, 11) is 3.90. The zero-order valence-corrected chi connectivity index (χ0v) is 11.7. The highest BCUT2D eigenvalue weighted by atomic mass is 16.1. The summed E-state index contributed by atoms with van der Waals surface area (Å²) in [6, 6.07) is 1.83. The van der Waals surface area contributed by atoms with E-state index in [0.29, 0.717) is 23.6 Å². The van der Waals surface area contributed by atoms with Crippen molar-refractivity contribution in [3.8, 4) is 0 Å².